The van der Waals surface area contributed by atoms with E-state index in [1.807, 2.05) is 24.3 Å². The molecule has 6 heteroatoms. The Hall–Kier alpha value is -2.04. The molecule has 0 unspecified atom stereocenters. The van der Waals surface area contributed by atoms with E-state index >= 15 is 0 Å². The molecule has 1 heterocycles. The van der Waals surface area contributed by atoms with Crippen molar-refractivity contribution in [3.05, 3.63) is 79.8 Å². The van der Waals surface area contributed by atoms with Gasteiger partial charge in [0.15, 0.2) is 0 Å². The predicted molar refractivity (Wildman–Crippen MR) is 95.9 cm³/mol. The number of non-ortho nitro benzene ring substituents is 1. The number of halogens is 2. The molecule has 1 N–H and O–H groups in total. The fourth-order valence-corrected chi connectivity index (χ4v) is 4.12. The van der Waals surface area contributed by atoms with Gasteiger partial charge in [-0.2, -0.15) is 0 Å². The maximum absolute atomic E-state index is 10.9. The summed E-state index contributed by atoms with van der Waals surface area (Å²) >= 11 is 12.6. The number of nitro groups is 1. The summed E-state index contributed by atoms with van der Waals surface area (Å²) in [6.45, 7) is 0. The molecule has 3 atom stereocenters. The first kappa shape index (κ1) is 15.5. The van der Waals surface area contributed by atoms with Gasteiger partial charge in [-0.05, 0) is 29.5 Å². The second kappa shape index (κ2) is 5.80. The number of rotatable bonds is 2. The number of nitrogens with zero attached hydrogens (tertiary/aromatic N) is 1. The molecule has 0 radical (unpaired) electrons. The summed E-state index contributed by atoms with van der Waals surface area (Å²) in [5.41, 5.74) is 3.12. The molecule has 0 aromatic heterocycles. The quantitative estimate of drug-likeness (QED) is 0.422. The van der Waals surface area contributed by atoms with Crippen LogP contribution in [0.15, 0.2) is 48.6 Å². The Morgan fingerprint density at radius 1 is 1.12 bits per heavy atom. The van der Waals surface area contributed by atoms with Crippen LogP contribution in [-0.4, -0.2) is 4.92 Å². The number of hydrogen-bond donors (Lipinski definition) is 1. The highest BCUT2D eigenvalue weighted by Crippen LogP contribution is 2.52. The Labute approximate surface area is 149 Å². The molecular weight excluding hydrogens is 347 g/mol. The summed E-state index contributed by atoms with van der Waals surface area (Å²) in [6, 6.07) is 10.6. The van der Waals surface area contributed by atoms with Crippen molar-refractivity contribution < 1.29 is 4.92 Å². The van der Waals surface area contributed by atoms with E-state index in [4.69, 9.17) is 23.2 Å². The van der Waals surface area contributed by atoms with Crippen LogP contribution < -0.4 is 5.32 Å². The first-order chi connectivity index (χ1) is 11.6. The molecule has 0 bridgehead atoms. The van der Waals surface area contributed by atoms with Gasteiger partial charge in [-0.25, -0.2) is 0 Å². The third kappa shape index (κ3) is 2.38. The number of allylic oxidation sites excluding steroid dienone is 2. The van der Waals surface area contributed by atoms with E-state index in [0.717, 1.165) is 23.2 Å². The standard InChI is InChI=1S/C18H14Cl2N2O2/c19-15-9-8-14-12-2-1-3-13(12)17(21-18(14)16(15)20)10-4-6-11(7-5-10)22(23)24/h1-2,4-9,12-13,17,21H,3H2/t12-,13+,17+/m0/s1. The number of hydrogen-bond acceptors (Lipinski definition) is 3. The van der Waals surface area contributed by atoms with Gasteiger partial charge in [0.25, 0.3) is 5.69 Å². The third-order valence-corrected chi connectivity index (χ3v) is 5.69. The highest BCUT2D eigenvalue weighted by Gasteiger charge is 2.39. The average molecular weight is 361 g/mol. The Morgan fingerprint density at radius 3 is 2.58 bits per heavy atom. The van der Waals surface area contributed by atoms with Crippen LogP contribution in [0.4, 0.5) is 11.4 Å². The molecule has 0 spiro atoms. The fraction of sp³-hybridized carbons (Fsp3) is 0.222. The van der Waals surface area contributed by atoms with E-state index in [0.29, 0.717) is 16.0 Å². The first-order valence-corrected chi connectivity index (χ1v) is 8.47. The first-order valence-electron chi connectivity index (χ1n) is 7.71. The molecule has 122 valence electrons. The molecule has 0 saturated heterocycles. The van der Waals surface area contributed by atoms with Crippen LogP contribution in [0, 0.1) is 16.0 Å². The van der Waals surface area contributed by atoms with E-state index in [9.17, 15) is 10.1 Å². The van der Waals surface area contributed by atoms with Crippen LogP contribution in [0.1, 0.15) is 29.5 Å². The summed E-state index contributed by atoms with van der Waals surface area (Å²) < 4.78 is 0. The maximum Gasteiger partial charge on any atom is 0.269 e. The predicted octanol–water partition coefficient (Wildman–Crippen LogP) is 5.73. The van der Waals surface area contributed by atoms with Crippen molar-refractivity contribution >= 4 is 34.6 Å². The molecule has 2 aliphatic rings. The van der Waals surface area contributed by atoms with Gasteiger partial charge >= 0.3 is 0 Å². The van der Waals surface area contributed by atoms with E-state index in [1.165, 1.54) is 0 Å². The lowest BCUT2D eigenvalue weighted by Crippen LogP contribution is -2.29. The molecule has 1 aliphatic heterocycles. The smallest absolute Gasteiger partial charge is 0.269 e. The molecule has 0 fully saturated rings. The van der Waals surface area contributed by atoms with Crippen molar-refractivity contribution in [2.45, 2.75) is 18.4 Å². The lowest BCUT2D eigenvalue weighted by Gasteiger charge is -2.38. The van der Waals surface area contributed by atoms with E-state index in [2.05, 4.69) is 17.5 Å². The fourth-order valence-electron chi connectivity index (χ4n) is 3.74. The normalized spacial score (nSPS) is 24.2. The number of anilines is 1. The molecule has 0 saturated carbocycles. The van der Waals surface area contributed by atoms with Gasteiger partial charge in [-0.3, -0.25) is 10.1 Å². The zero-order valence-electron chi connectivity index (χ0n) is 12.6. The van der Waals surface area contributed by atoms with Crippen molar-refractivity contribution in [3.8, 4) is 0 Å². The third-order valence-electron chi connectivity index (χ3n) is 4.89. The zero-order valence-corrected chi connectivity index (χ0v) is 14.1. The molecule has 4 nitrogen and oxygen atoms in total. The highest BCUT2D eigenvalue weighted by atomic mass is 35.5. The maximum atomic E-state index is 10.9. The highest BCUT2D eigenvalue weighted by molar-refractivity contribution is 6.43. The van der Waals surface area contributed by atoms with Crippen LogP contribution in [0.5, 0.6) is 0 Å². The van der Waals surface area contributed by atoms with Crippen LogP contribution in [0.3, 0.4) is 0 Å². The second-order valence-electron chi connectivity index (χ2n) is 6.15. The number of benzene rings is 2. The summed E-state index contributed by atoms with van der Waals surface area (Å²) in [6.07, 6.45) is 5.36. The van der Waals surface area contributed by atoms with Crippen molar-refractivity contribution in [3.63, 3.8) is 0 Å². The zero-order chi connectivity index (χ0) is 16.8. The molecular formula is C18H14Cl2N2O2. The van der Waals surface area contributed by atoms with Crippen molar-refractivity contribution in [2.75, 3.05) is 5.32 Å². The Bertz CT molecular complexity index is 849. The monoisotopic (exact) mass is 360 g/mol. The van der Waals surface area contributed by atoms with Crippen molar-refractivity contribution in [2.24, 2.45) is 5.92 Å². The van der Waals surface area contributed by atoms with Gasteiger partial charge < -0.3 is 5.32 Å². The van der Waals surface area contributed by atoms with Gasteiger partial charge in [-0.1, -0.05) is 53.6 Å². The summed E-state index contributed by atoms with van der Waals surface area (Å²) in [5.74, 6) is 0.632. The lowest BCUT2D eigenvalue weighted by atomic mass is 9.77. The van der Waals surface area contributed by atoms with Gasteiger partial charge in [0.1, 0.15) is 0 Å². The van der Waals surface area contributed by atoms with Gasteiger partial charge in [-0.15, -0.1) is 0 Å². The number of nitrogens with one attached hydrogen (secondary N) is 1. The van der Waals surface area contributed by atoms with Crippen LogP contribution in [0.25, 0.3) is 0 Å². The van der Waals surface area contributed by atoms with Crippen molar-refractivity contribution in [1.82, 2.24) is 0 Å². The van der Waals surface area contributed by atoms with Crippen LogP contribution in [0.2, 0.25) is 10.0 Å². The molecule has 2 aromatic rings. The molecule has 0 amide bonds. The topological polar surface area (TPSA) is 55.2 Å². The molecule has 4 rings (SSSR count). The summed E-state index contributed by atoms with van der Waals surface area (Å²) in [5, 5.41) is 15.4. The van der Waals surface area contributed by atoms with E-state index < -0.39 is 0 Å². The van der Waals surface area contributed by atoms with Gasteiger partial charge in [0, 0.05) is 18.1 Å². The number of fused-ring (bicyclic) bond motifs is 3. The van der Waals surface area contributed by atoms with Crippen molar-refractivity contribution in [1.29, 1.82) is 0 Å². The molecule has 1 aliphatic carbocycles. The van der Waals surface area contributed by atoms with Crippen LogP contribution >= 0.6 is 23.2 Å². The molecule has 24 heavy (non-hydrogen) atoms. The summed E-state index contributed by atoms with van der Waals surface area (Å²) in [7, 11) is 0. The van der Waals surface area contributed by atoms with E-state index in [1.54, 1.807) is 12.1 Å². The Balaban J connectivity index is 1.77. The second-order valence-corrected chi connectivity index (χ2v) is 6.93. The minimum Gasteiger partial charge on any atom is -0.376 e. The lowest BCUT2D eigenvalue weighted by molar-refractivity contribution is -0.384. The Kier molecular flexibility index (Phi) is 3.74. The van der Waals surface area contributed by atoms with Gasteiger partial charge in [0.05, 0.1) is 26.7 Å². The minimum absolute atomic E-state index is 0.0364. The largest absolute Gasteiger partial charge is 0.376 e. The summed E-state index contributed by atoms with van der Waals surface area (Å²) in [4.78, 5) is 10.5. The average Bonchev–Trinajstić information content (AvgIpc) is 3.07. The molecule has 2 aromatic carbocycles. The Morgan fingerprint density at radius 2 is 1.88 bits per heavy atom. The minimum atomic E-state index is -0.385. The van der Waals surface area contributed by atoms with E-state index in [-0.39, 0.29) is 22.6 Å². The van der Waals surface area contributed by atoms with Crippen LogP contribution in [-0.2, 0) is 0 Å². The number of nitro benzene ring substituents is 1. The van der Waals surface area contributed by atoms with Gasteiger partial charge in [0.2, 0.25) is 0 Å². The SMILES string of the molecule is O=[N+]([O-])c1ccc([C@H]2Nc3c(ccc(Cl)c3Cl)[C@H]3C=CC[C@H]32)cc1.